The molecule has 1 aliphatic heterocycles. The smallest absolute Gasteiger partial charge is 0.334 e. The summed E-state index contributed by atoms with van der Waals surface area (Å²) in [5.41, 5.74) is -0.442. The van der Waals surface area contributed by atoms with Crippen LogP contribution in [-0.4, -0.2) is 43.2 Å². The first kappa shape index (κ1) is 17.5. The van der Waals surface area contributed by atoms with Crippen molar-refractivity contribution in [3.63, 3.8) is 0 Å². The number of tetrazole rings is 1. The number of rotatable bonds is 4. The first-order valence-corrected chi connectivity index (χ1v) is 9.24. The largest absolute Gasteiger partial charge is 0.369 e. The molecule has 1 aliphatic rings. The van der Waals surface area contributed by atoms with E-state index < -0.39 is 23.2 Å². The fourth-order valence-electron chi connectivity index (χ4n) is 3.25. The topological polar surface area (TPSA) is 73.0 Å². The van der Waals surface area contributed by atoms with Gasteiger partial charge in [0, 0.05) is 18.2 Å². The molecule has 1 saturated heterocycles. The van der Waals surface area contributed by atoms with Gasteiger partial charge in [0.15, 0.2) is 0 Å². The summed E-state index contributed by atoms with van der Waals surface area (Å²) in [5, 5.41) is 10.3. The lowest BCUT2D eigenvalue weighted by Gasteiger charge is -2.24. The number of thiophene rings is 1. The summed E-state index contributed by atoms with van der Waals surface area (Å²) >= 11 is 1.36. The number of benzene rings is 1. The molecular formula is C17H15F2N5O2S. The predicted octanol–water partition coefficient (Wildman–Crippen LogP) is 2.07. The molecule has 10 heteroatoms. The van der Waals surface area contributed by atoms with Gasteiger partial charge in [-0.1, -0.05) is 0 Å². The summed E-state index contributed by atoms with van der Waals surface area (Å²) in [7, 11) is 0. The van der Waals surface area contributed by atoms with E-state index >= 15 is 0 Å². The Hall–Kier alpha value is -2.88. The number of carbonyl (C=O) groups is 1. The van der Waals surface area contributed by atoms with Gasteiger partial charge in [-0.2, -0.15) is 9.36 Å². The SMILES string of the molecule is O=C(c1cc(F)cc(F)c1)N1CCC[C@@H]1Cn1nnn(-c2cccs2)c1=O. The first-order chi connectivity index (χ1) is 13.0. The van der Waals surface area contributed by atoms with Crippen LogP contribution in [0.5, 0.6) is 0 Å². The molecule has 1 aromatic carbocycles. The van der Waals surface area contributed by atoms with Crippen molar-refractivity contribution in [1.82, 2.24) is 24.7 Å². The molecule has 0 spiro atoms. The molecule has 27 heavy (non-hydrogen) atoms. The molecular weight excluding hydrogens is 376 g/mol. The Morgan fingerprint density at radius 3 is 2.70 bits per heavy atom. The monoisotopic (exact) mass is 391 g/mol. The van der Waals surface area contributed by atoms with Gasteiger partial charge in [-0.25, -0.2) is 13.6 Å². The minimum Gasteiger partial charge on any atom is -0.334 e. The van der Waals surface area contributed by atoms with E-state index in [9.17, 15) is 18.4 Å². The second-order valence-electron chi connectivity index (χ2n) is 6.26. The molecule has 0 bridgehead atoms. The molecule has 0 unspecified atom stereocenters. The molecule has 1 atom stereocenters. The Morgan fingerprint density at radius 1 is 1.22 bits per heavy atom. The van der Waals surface area contributed by atoms with Crippen LogP contribution in [0.2, 0.25) is 0 Å². The van der Waals surface area contributed by atoms with Crippen LogP contribution in [0.15, 0.2) is 40.5 Å². The maximum absolute atomic E-state index is 13.4. The highest BCUT2D eigenvalue weighted by Gasteiger charge is 2.31. The summed E-state index contributed by atoms with van der Waals surface area (Å²) in [6.07, 6.45) is 1.41. The highest BCUT2D eigenvalue weighted by Crippen LogP contribution is 2.22. The molecule has 3 heterocycles. The average molecular weight is 391 g/mol. The van der Waals surface area contributed by atoms with Gasteiger partial charge in [-0.05, 0) is 52.9 Å². The predicted molar refractivity (Wildman–Crippen MR) is 93.9 cm³/mol. The summed E-state index contributed by atoms with van der Waals surface area (Å²) in [6.45, 7) is 0.628. The van der Waals surface area contributed by atoms with Crippen LogP contribution >= 0.6 is 11.3 Å². The van der Waals surface area contributed by atoms with Gasteiger partial charge in [-0.3, -0.25) is 4.79 Å². The second kappa shape index (κ2) is 7.03. The van der Waals surface area contributed by atoms with Gasteiger partial charge < -0.3 is 4.90 Å². The zero-order valence-electron chi connectivity index (χ0n) is 14.1. The minimum absolute atomic E-state index is 0.0472. The molecule has 1 amide bonds. The number of carbonyl (C=O) groups excluding carboxylic acids is 1. The maximum atomic E-state index is 13.4. The molecule has 0 radical (unpaired) electrons. The number of nitrogens with zero attached hydrogens (tertiary/aromatic N) is 5. The molecule has 140 valence electrons. The van der Waals surface area contributed by atoms with Gasteiger partial charge in [0.05, 0.1) is 12.6 Å². The number of likely N-dealkylation sites (tertiary alicyclic amines) is 1. The van der Waals surface area contributed by atoms with Crippen molar-refractivity contribution >= 4 is 17.2 Å². The van der Waals surface area contributed by atoms with Crippen molar-refractivity contribution in [3.05, 3.63) is 63.4 Å². The lowest BCUT2D eigenvalue weighted by Crippen LogP contribution is -2.40. The number of amides is 1. The van der Waals surface area contributed by atoms with Gasteiger partial charge >= 0.3 is 5.69 Å². The fraction of sp³-hybridized carbons (Fsp3) is 0.294. The summed E-state index contributed by atoms with van der Waals surface area (Å²) in [6, 6.07) is 6.02. The van der Waals surface area contributed by atoms with E-state index in [0.717, 1.165) is 24.6 Å². The van der Waals surface area contributed by atoms with Gasteiger partial charge in [-0.15, -0.1) is 11.3 Å². The van der Waals surface area contributed by atoms with Crippen LogP contribution < -0.4 is 5.69 Å². The maximum Gasteiger partial charge on any atom is 0.369 e. The van der Waals surface area contributed by atoms with Gasteiger partial charge in [0.1, 0.15) is 16.6 Å². The van der Waals surface area contributed by atoms with E-state index in [4.69, 9.17) is 0 Å². The summed E-state index contributed by atoms with van der Waals surface area (Å²) < 4.78 is 29.3. The normalized spacial score (nSPS) is 16.8. The van der Waals surface area contributed by atoms with E-state index in [2.05, 4.69) is 10.4 Å². The third kappa shape index (κ3) is 3.39. The van der Waals surface area contributed by atoms with Crippen molar-refractivity contribution in [2.75, 3.05) is 6.54 Å². The van der Waals surface area contributed by atoms with E-state index in [1.807, 2.05) is 5.38 Å². The van der Waals surface area contributed by atoms with Gasteiger partial charge in [0.25, 0.3) is 5.91 Å². The zero-order chi connectivity index (χ0) is 19.0. The molecule has 0 aliphatic carbocycles. The van der Waals surface area contributed by atoms with Crippen molar-refractivity contribution in [2.24, 2.45) is 0 Å². The highest BCUT2D eigenvalue weighted by molar-refractivity contribution is 7.12. The average Bonchev–Trinajstić information content (AvgIpc) is 3.36. The standard InChI is InChI=1S/C17H15F2N5O2S/c18-12-7-11(8-13(19)9-12)16(25)22-5-1-3-14(22)10-23-17(26)24(21-20-23)15-4-2-6-27-15/h2,4,6-9,14H,1,3,5,10H2/t14-/m1/s1. The Labute approximate surface area is 156 Å². The number of hydrogen-bond acceptors (Lipinski definition) is 5. The van der Waals surface area contributed by atoms with Crippen LogP contribution in [0.3, 0.4) is 0 Å². The van der Waals surface area contributed by atoms with Crippen LogP contribution in [0, 0.1) is 11.6 Å². The molecule has 4 rings (SSSR count). The highest BCUT2D eigenvalue weighted by atomic mass is 32.1. The molecule has 2 aromatic heterocycles. The van der Waals surface area contributed by atoms with Crippen molar-refractivity contribution in [1.29, 1.82) is 0 Å². The lowest BCUT2D eigenvalue weighted by atomic mass is 10.1. The molecule has 1 fully saturated rings. The van der Waals surface area contributed by atoms with E-state index in [-0.39, 0.29) is 18.2 Å². The lowest BCUT2D eigenvalue weighted by molar-refractivity contribution is 0.0719. The van der Waals surface area contributed by atoms with Crippen LogP contribution in [0.1, 0.15) is 23.2 Å². The summed E-state index contributed by atoms with van der Waals surface area (Å²) in [4.78, 5) is 26.7. The third-order valence-electron chi connectivity index (χ3n) is 4.49. The van der Waals surface area contributed by atoms with Crippen LogP contribution in [0.25, 0.3) is 5.00 Å². The number of aromatic nitrogens is 4. The molecule has 7 nitrogen and oxygen atoms in total. The Morgan fingerprint density at radius 2 is 2.00 bits per heavy atom. The molecule has 3 aromatic rings. The van der Waals surface area contributed by atoms with Gasteiger partial charge in [0.2, 0.25) is 0 Å². The Balaban J connectivity index is 1.56. The fourth-order valence-corrected chi connectivity index (χ4v) is 3.92. The molecule has 0 N–H and O–H groups in total. The quantitative estimate of drug-likeness (QED) is 0.683. The van der Waals surface area contributed by atoms with E-state index in [1.54, 1.807) is 12.1 Å². The van der Waals surface area contributed by atoms with Crippen molar-refractivity contribution < 1.29 is 13.6 Å². The second-order valence-corrected chi connectivity index (χ2v) is 7.19. The van der Waals surface area contributed by atoms with E-state index in [1.165, 1.54) is 25.6 Å². The Bertz CT molecular complexity index is 1010. The van der Waals surface area contributed by atoms with E-state index in [0.29, 0.717) is 18.0 Å². The van der Waals surface area contributed by atoms with Crippen LogP contribution in [-0.2, 0) is 6.54 Å². The Kier molecular flexibility index (Phi) is 4.56. The minimum atomic E-state index is -0.802. The number of halogens is 2. The zero-order valence-corrected chi connectivity index (χ0v) is 14.9. The molecule has 0 saturated carbocycles. The third-order valence-corrected chi connectivity index (χ3v) is 5.33. The van der Waals surface area contributed by atoms with Crippen LogP contribution in [0.4, 0.5) is 8.78 Å². The van der Waals surface area contributed by atoms with Crippen molar-refractivity contribution in [2.45, 2.75) is 25.4 Å². The first-order valence-electron chi connectivity index (χ1n) is 8.37. The summed E-state index contributed by atoms with van der Waals surface area (Å²) in [5.74, 6) is -2.07. The van der Waals surface area contributed by atoms with Crippen molar-refractivity contribution in [3.8, 4) is 5.00 Å². The number of hydrogen-bond donors (Lipinski definition) is 0.